The zero-order valence-corrected chi connectivity index (χ0v) is 11.0. The molecule has 1 atom stereocenters. The molecule has 0 saturated carbocycles. The van der Waals surface area contributed by atoms with Gasteiger partial charge in [0.1, 0.15) is 0 Å². The molecule has 92 valence electrons. The van der Waals surface area contributed by atoms with Gasteiger partial charge in [-0.15, -0.1) is 0 Å². The normalized spacial score (nSPS) is 14.2. The Balaban J connectivity index is 3.63. The standard InChI is InChI=1S/C12H28N2O/c1-6-12(15)9-13-7-8-14(10(2)3)11(4)5/h10-13,15H,6-9H2,1-5H3. The molecule has 0 heterocycles. The van der Waals surface area contributed by atoms with Crippen molar-refractivity contribution >= 4 is 0 Å². The minimum atomic E-state index is -0.198. The summed E-state index contributed by atoms with van der Waals surface area (Å²) in [6, 6.07) is 1.17. The lowest BCUT2D eigenvalue weighted by Gasteiger charge is -2.30. The van der Waals surface area contributed by atoms with E-state index < -0.39 is 0 Å². The van der Waals surface area contributed by atoms with Crippen LogP contribution in [0.2, 0.25) is 0 Å². The summed E-state index contributed by atoms with van der Waals surface area (Å²) in [5.41, 5.74) is 0. The van der Waals surface area contributed by atoms with Gasteiger partial charge in [-0.25, -0.2) is 0 Å². The highest BCUT2D eigenvalue weighted by Gasteiger charge is 2.12. The fourth-order valence-corrected chi connectivity index (χ4v) is 1.73. The highest BCUT2D eigenvalue weighted by atomic mass is 16.3. The molecular formula is C12H28N2O. The summed E-state index contributed by atoms with van der Waals surface area (Å²) < 4.78 is 0. The van der Waals surface area contributed by atoms with Gasteiger partial charge in [0, 0.05) is 31.7 Å². The summed E-state index contributed by atoms with van der Waals surface area (Å²) in [5.74, 6) is 0. The van der Waals surface area contributed by atoms with E-state index in [0.717, 1.165) is 19.5 Å². The maximum absolute atomic E-state index is 9.37. The molecule has 1 unspecified atom stereocenters. The van der Waals surface area contributed by atoms with E-state index in [0.29, 0.717) is 18.6 Å². The van der Waals surface area contributed by atoms with Crippen molar-refractivity contribution in [3.8, 4) is 0 Å². The molecule has 0 aromatic heterocycles. The van der Waals surface area contributed by atoms with Crippen LogP contribution in [0.1, 0.15) is 41.0 Å². The molecule has 0 amide bonds. The van der Waals surface area contributed by atoms with Crippen LogP contribution in [-0.2, 0) is 0 Å². The van der Waals surface area contributed by atoms with Gasteiger partial charge in [0.05, 0.1) is 6.10 Å². The molecule has 3 heteroatoms. The Morgan fingerprint density at radius 2 is 1.67 bits per heavy atom. The molecule has 0 aromatic rings. The van der Waals surface area contributed by atoms with E-state index >= 15 is 0 Å². The largest absolute Gasteiger partial charge is 0.392 e. The Morgan fingerprint density at radius 1 is 1.13 bits per heavy atom. The average Bonchev–Trinajstić information content (AvgIpc) is 2.15. The Kier molecular flexibility index (Phi) is 8.02. The van der Waals surface area contributed by atoms with Crippen LogP contribution in [0.5, 0.6) is 0 Å². The second-order valence-corrected chi connectivity index (χ2v) is 4.69. The molecule has 0 aliphatic rings. The van der Waals surface area contributed by atoms with Gasteiger partial charge in [0.25, 0.3) is 0 Å². The number of rotatable bonds is 8. The lowest BCUT2D eigenvalue weighted by molar-refractivity contribution is 0.154. The lowest BCUT2D eigenvalue weighted by Crippen LogP contribution is -2.42. The highest BCUT2D eigenvalue weighted by molar-refractivity contribution is 4.68. The maximum Gasteiger partial charge on any atom is 0.0662 e. The fourth-order valence-electron chi connectivity index (χ4n) is 1.73. The van der Waals surface area contributed by atoms with Crippen molar-refractivity contribution in [3.05, 3.63) is 0 Å². The smallest absolute Gasteiger partial charge is 0.0662 e. The van der Waals surface area contributed by atoms with Crippen LogP contribution in [0.4, 0.5) is 0 Å². The number of hydrogen-bond acceptors (Lipinski definition) is 3. The predicted molar refractivity (Wildman–Crippen MR) is 66.1 cm³/mol. The van der Waals surface area contributed by atoms with Crippen molar-refractivity contribution in [2.45, 2.75) is 59.2 Å². The minimum Gasteiger partial charge on any atom is -0.392 e. The van der Waals surface area contributed by atoms with E-state index in [2.05, 4.69) is 37.9 Å². The van der Waals surface area contributed by atoms with Gasteiger partial charge < -0.3 is 10.4 Å². The monoisotopic (exact) mass is 216 g/mol. The number of hydrogen-bond donors (Lipinski definition) is 2. The summed E-state index contributed by atoms with van der Waals surface area (Å²) in [7, 11) is 0. The first-order valence-electron chi connectivity index (χ1n) is 6.13. The van der Waals surface area contributed by atoms with Crippen LogP contribution in [0.15, 0.2) is 0 Å². The van der Waals surface area contributed by atoms with Crippen LogP contribution < -0.4 is 5.32 Å². The molecule has 3 nitrogen and oxygen atoms in total. The second-order valence-electron chi connectivity index (χ2n) is 4.69. The van der Waals surface area contributed by atoms with Gasteiger partial charge in [-0.05, 0) is 34.1 Å². The van der Waals surface area contributed by atoms with Crippen LogP contribution >= 0.6 is 0 Å². The zero-order valence-electron chi connectivity index (χ0n) is 11.0. The first-order chi connectivity index (χ1) is 6.99. The molecular weight excluding hydrogens is 188 g/mol. The summed E-state index contributed by atoms with van der Waals surface area (Å²) >= 11 is 0. The average molecular weight is 216 g/mol. The molecule has 0 rings (SSSR count). The predicted octanol–water partition coefficient (Wildman–Crippen LogP) is 1.47. The van der Waals surface area contributed by atoms with E-state index in [1.54, 1.807) is 0 Å². The van der Waals surface area contributed by atoms with Crippen molar-refractivity contribution in [2.24, 2.45) is 0 Å². The Bertz CT molecular complexity index is 141. The van der Waals surface area contributed by atoms with Crippen molar-refractivity contribution in [1.82, 2.24) is 10.2 Å². The van der Waals surface area contributed by atoms with Crippen molar-refractivity contribution in [2.75, 3.05) is 19.6 Å². The molecule has 0 bridgehead atoms. The van der Waals surface area contributed by atoms with E-state index in [4.69, 9.17) is 0 Å². The van der Waals surface area contributed by atoms with Gasteiger partial charge in [0.2, 0.25) is 0 Å². The quantitative estimate of drug-likeness (QED) is 0.603. The second kappa shape index (κ2) is 8.08. The third-order valence-electron chi connectivity index (χ3n) is 2.72. The molecule has 0 aliphatic carbocycles. The SMILES string of the molecule is CCC(O)CNCCN(C(C)C)C(C)C. The van der Waals surface area contributed by atoms with E-state index in [-0.39, 0.29) is 6.10 Å². The molecule has 2 N–H and O–H groups in total. The molecule has 0 radical (unpaired) electrons. The molecule has 15 heavy (non-hydrogen) atoms. The summed E-state index contributed by atoms with van der Waals surface area (Å²) in [5, 5.41) is 12.7. The first kappa shape index (κ1) is 14.9. The Labute approximate surface area is 94.9 Å². The molecule has 0 saturated heterocycles. The topological polar surface area (TPSA) is 35.5 Å². The van der Waals surface area contributed by atoms with Gasteiger partial charge in [-0.2, -0.15) is 0 Å². The lowest BCUT2D eigenvalue weighted by atomic mass is 10.2. The summed E-state index contributed by atoms with van der Waals surface area (Å²) in [6.07, 6.45) is 0.627. The van der Waals surface area contributed by atoms with Gasteiger partial charge in [-0.1, -0.05) is 6.92 Å². The number of aliphatic hydroxyl groups is 1. The number of aliphatic hydroxyl groups excluding tert-OH is 1. The van der Waals surface area contributed by atoms with E-state index in [1.807, 2.05) is 6.92 Å². The van der Waals surface area contributed by atoms with Crippen molar-refractivity contribution in [1.29, 1.82) is 0 Å². The van der Waals surface area contributed by atoms with E-state index in [9.17, 15) is 5.11 Å². The van der Waals surface area contributed by atoms with Crippen LogP contribution in [0.3, 0.4) is 0 Å². The minimum absolute atomic E-state index is 0.198. The first-order valence-corrected chi connectivity index (χ1v) is 6.13. The van der Waals surface area contributed by atoms with Gasteiger partial charge in [-0.3, -0.25) is 4.90 Å². The van der Waals surface area contributed by atoms with E-state index in [1.165, 1.54) is 0 Å². The Morgan fingerprint density at radius 3 is 2.07 bits per heavy atom. The zero-order chi connectivity index (χ0) is 11.8. The van der Waals surface area contributed by atoms with Crippen LogP contribution in [0, 0.1) is 0 Å². The summed E-state index contributed by atoms with van der Waals surface area (Å²) in [4.78, 5) is 2.45. The molecule has 0 aromatic carbocycles. The molecule has 0 aliphatic heterocycles. The maximum atomic E-state index is 9.37. The Hall–Kier alpha value is -0.120. The summed E-state index contributed by atoms with van der Waals surface area (Å²) in [6.45, 7) is 13.6. The molecule has 0 spiro atoms. The third-order valence-corrected chi connectivity index (χ3v) is 2.72. The van der Waals surface area contributed by atoms with Gasteiger partial charge >= 0.3 is 0 Å². The van der Waals surface area contributed by atoms with Crippen LogP contribution in [-0.4, -0.2) is 47.8 Å². The van der Waals surface area contributed by atoms with Crippen LogP contribution in [0.25, 0.3) is 0 Å². The van der Waals surface area contributed by atoms with Gasteiger partial charge in [0.15, 0.2) is 0 Å². The molecule has 0 fully saturated rings. The number of nitrogens with one attached hydrogen (secondary N) is 1. The number of nitrogens with zero attached hydrogens (tertiary/aromatic N) is 1. The fraction of sp³-hybridized carbons (Fsp3) is 1.00. The van der Waals surface area contributed by atoms with Crippen molar-refractivity contribution < 1.29 is 5.11 Å². The third kappa shape index (κ3) is 6.88. The van der Waals surface area contributed by atoms with Crippen molar-refractivity contribution in [3.63, 3.8) is 0 Å². The highest BCUT2D eigenvalue weighted by Crippen LogP contribution is 2.03.